The molecule has 0 atom stereocenters. The molecule has 0 fully saturated rings. The fraction of sp³-hybridized carbons (Fsp3) is 0.600. The van der Waals surface area contributed by atoms with E-state index in [-0.39, 0.29) is 0 Å². The largest absolute Gasteiger partial charge is 0.398 e. The average Bonchev–Trinajstić information content (AvgIpc) is 2.30. The number of hydrogen-bond acceptors (Lipinski definition) is 3. The molecule has 3 nitrogen and oxygen atoms in total. The Morgan fingerprint density at radius 3 is 2.42 bits per heavy atom. The van der Waals surface area contributed by atoms with Gasteiger partial charge in [0.25, 0.3) is 0 Å². The Hall–Kier alpha value is -0.580. The van der Waals surface area contributed by atoms with E-state index in [1.807, 2.05) is 6.07 Å². The van der Waals surface area contributed by atoms with Crippen LogP contribution in [0.1, 0.15) is 19.4 Å². The number of likely N-dealkylation sites (N-methyl/N-ethyl adjacent to an activating group) is 1. The van der Waals surface area contributed by atoms with Crippen LogP contribution in [0.2, 0.25) is 0 Å². The summed E-state index contributed by atoms with van der Waals surface area (Å²) in [6.45, 7) is 8.77. The van der Waals surface area contributed by atoms with Crippen molar-refractivity contribution in [1.82, 2.24) is 9.80 Å². The van der Waals surface area contributed by atoms with Gasteiger partial charge in [0, 0.05) is 36.3 Å². The van der Waals surface area contributed by atoms with E-state index < -0.39 is 0 Å². The number of halogens is 1. The van der Waals surface area contributed by atoms with Crippen LogP contribution in [0, 0.1) is 5.92 Å². The van der Waals surface area contributed by atoms with Crippen LogP contribution < -0.4 is 5.73 Å². The molecule has 0 radical (unpaired) electrons. The molecule has 0 saturated carbocycles. The highest BCUT2D eigenvalue weighted by Gasteiger charge is 2.09. The van der Waals surface area contributed by atoms with Crippen molar-refractivity contribution in [2.75, 3.05) is 39.5 Å². The first-order valence-electron chi connectivity index (χ1n) is 6.79. The van der Waals surface area contributed by atoms with Crippen molar-refractivity contribution in [3.05, 3.63) is 28.2 Å². The highest BCUT2D eigenvalue weighted by Crippen LogP contribution is 2.21. The number of hydrogen-bond donors (Lipinski definition) is 1. The maximum absolute atomic E-state index is 5.95. The molecule has 0 aliphatic heterocycles. The number of rotatable bonds is 7. The van der Waals surface area contributed by atoms with Gasteiger partial charge in [0.15, 0.2) is 0 Å². The van der Waals surface area contributed by atoms with E-state index in [1.165, 1.54) is 5.56 Å². The van der Waals surface area contributed by atoms with Gasteiger partial charge in [0.1, 0.15) is 0 Å². The average molecular weight is 328 g/mol. The van der Waals surface area contributed by atoms with E-state index in [0.29, 0.717) is 5.92 Å². The summed E-state index contributed by atoms with van der Waals surface area (Å²) in [6, 6.07) is 6.24. The highest BCUT2D eigenvalue weighted by atomic mass is 79.9. The van der Waals surface area contributed by atoms with E-state index in [1.54, 1.807) is 0 Å². The van der Waals surface area contributed by atoms with Crippen LogP contribution in [0.15, 0.2) is 22.7 Å². The van der Waals surface area contributed by atoms with Gasteiger partial charge in [0.05, 0.1) is 0 Å². The van der Waals surface area contributed by atoms with E-state index in [4.69, 9.17) is 5.73 Å². The van der Waals surface area contributed by atoms with Gasteiger partial charge in [-0.25, -0.2) is 0 Å². The molecule has 1 aromatic carbocycles. The minimum absolute atomic E-state index is 0.676. The summed E-state index contributed by atoms with van der Waals surface area (Å²) in [4.78, 5) is 4.72. The predicted molar refractivity (Wildman–Crippen MR) is 87.2 cm³/mol. The van der Waals surface area contributed by atoms with Crippen LogP contribution >= 0.6 is 15.9 Å². The Bertz CT molecular complexity index is 391. The third kappa shape index (κ3) is 6.41. The van der Waals surface area contributed by atoms with Crippen molar-refractivity contribution in [3.63, 3.8) is 0 Å². The monoisotopic (exact) mass is 327 g/mol. The third-order valence-electron chi connectivity index (χ3n) is 2.95. The molecule has 0 spiro atoms. The number of nitrogens with two attached hydrogens (primary N) is 1. The molecule has 0 aromatic heterocycles. The predicted octanol–water partition coefficient (Wildman–Crippen LogP) is 3.05. The molecule has 108 valence electrons. The van der Waals surface area contributed by atoms with Crippen molar-refractivity contribution >= 4 is 21.6 Å². The fourth-order valence-electron chi connectivity index (χ4n) is 2.04. The Kier molecular flexibility index (Phi) is 6.83. The summed E-state index contributed by atoms with van der Waals surface area (Å²) in [5.41, 5.74) is 8.04. The fourth-order valence-corrected chi connectivity index (χ4v) is 2.29. The van der Waals surface area contributed by atoms with Gasteiger partial charge in [-0.1, -0.05) is 19.9 Å². The van der Waals surface area contributed by atoms with E-state index >= 15 is 0 Å². The zero-order valence-corrected chi connectivity index (χ0v) is 14.1. The zero-order valence-electron chi connectivity index (χ0n) is 12.5. The van der Waals surface area contributed by atoms with Crippen LogP contribution in [0.4, 0.5) is 5.69 Å². The summed E-state index contributed by atoms with van der Waals surface area (Å²) in [6.07, 6.45) is 0. The number of benzene rings is 1. The summed E-state index contributed by atoms with van der Waals surface area (Å²) in [5, 5.41) is 0. The SMILES string of the molecule is CC(C)CN(CCN(C)C)Cc1ccc(Br)c(N)c1. The first-order chi connectivity index (χ1) is 8.88. The number of nitrogen functional groups attached to an aromatic ring is 1. The first-order valence-corrected chi connectivity index (χ1v) is 7.58. The zero-order chi connectivity index (χ0) is 14.4. The summed E-state index contributed by atoms with van der Waals surface area (Å²) >= 11 is 3.44. The molecule has 19 heavy (non-hydrogen) atoms. The Morgan fingerprint density at radius 1 is 1.21 bits per heavy atom. The van der Waals surface area contributed by atoms with Crippen LogP contribution in [-0.4, -0.2) is 43.5 Å². The van der Waals surface area contributed by atoms with Gasteiger partial charge in [-0.3, -0.25) is 4.90 Å². The normalized spacial score (nSPS) is 11.8. The molecule has 0 aliphatic rings. The number of anilines is 1. The van der Waals surface area contributed by atoms with Gasteiger partial charge in [-0.15, -0.1) is 0 Å². The van der Waals surface area contributed by atoms with Gasteiger partial charge < -0.3 is 10.6 Å². The molecule has 1 rings (SSSR count). The summed E-state index contributed by atoms with van der Waals surface area (Å²) < 4.78 is 0.972. The van der Waals surface area contributed by atoms with Crippen molar-refractivity contribution in [2.45, 2.75) is 20.4 Å². The molecule has 0 unspecified atom stereocenters. The van der Waals surface area contributed by atoms with Gasteiger partial charge in [-0.2, -0.15) is 0 Å². The van der Waals surface area contributed by atoms with Crippen molar-refractivity contribution < 1.29 is 0 Å². The van der Waals surface area contributed by atoms with Gasteiger partial charge >= 0.3 is 0 Å². The maximum atomic E-state index is 5.95. The van der Waals surface area contributed by atoms with E-state index in [9.17, 15) is 0 Å². The Labute approximate surface area is 125 Å². The van der Waals surface area contributed by atoms with Crippen molar-refractivity contribution in [3.8, 4) is 0 Å². The highest BCUT2D eigenvalue weighted by molar-refractivity contribution is 9.10. The van der Waals surface area contributed by atoms with Gasteiger partial charge in [-0.05, 0) is 53.6 Å². The molecular formula is C15H26BrN3. The molecule has 4 heteroatoms. The van der Waals surface area contributed by atoms with E-state index in [2.05, 4.69) is 65.8 Å². The topological polar surface area (TPSA) is 32.5 Å². The lowest BCUT2D eigenvalue weighted by atomic mass is 10.1. The molecular weight excluding hydrogens is 302 g/mol. The van der Waals surface area contributed by atoms with Gasteiger partial charge in [0.2, 0.25) is 0 Å². The molecule has 0 saturated heterocycles. The Morgan fingerprint density at radius 2 is 1.89 bits per heavy atom. The molecule has 0 aliphatic carbocycles. The smallest absolute Gasteiger partial charge is 0.0461 e. The maximum Gasteiger partial charge on any atom is 0.0461 e. The lowest BCUT2D eigenvalue weighted by Gasteiger charge is -2.26. The lowest BCUT2D eigenvalue weighted by Crippen LogP contribution is -2.34. The van der Waals surface area contributed by atoms with Crippen LogP contribution in [0.25, 0.3) is 0 Å². The minimum atomic E-state index is 0.676. The van der Waals surface area contributed by atoms with Crippen LogP contribution in [0.3, 0.4) is 0 Å². The minimum Gasteiger partial charge on any atom is -0.398 e. The molecule has 0 amide bonds. The number of nitrogens with zero attached hydrogens (tertiary/aromatic N) is 2. The molecule has 0 bridgehead atoms. The third-order valence-corrected chi connectivity index (χ3v) is 3.68. The second kappa shape index (κ2) is 7.88. The van der Waals surface area contributed by atoms with Crippen LogP contribution in [0.5, 0.6) is 0 Å². The molecule has 0 heterocycles. The first kappa shape index (κ1) is 16.5. The van der Waals surface area contributed by atoms with Crippen LogP contribution in [-0.2, 0) is 6.54 Å². The second-order valence-corrected chi connectivity index (χ2v) is 6.64. The summed E-state index contributed by atoms with van der Waals surface area (Å²) in [5.74, 6) is 0.676. The lowest BCUT2D eigenvalue weighted by molar-refractivity contribution is 0.212. The standard InChI is InChI=1S/C15H26BrN3/c1-12(2)10-19(8-7-18(3)4)11-13-5-6-14(16)15(17)9-13/h5-6,9,12H,7-8,10-11,17H2,1-4H3. The summed E-state index contributed by atoms with van der Waals surface area (Å²) in [7, 11) is 4.23. The van der Waals surface area contributed by atoms with E-state index in [0.717, 1.165) is 36.3 Å². The van der Waals surface area contributed by atoms with Crippen molar-refractivity contribution in [1.29, 1.82) is 0 Å². The second-order valence-electron chi connectivity index (χ2n) is 5.79. The van der Waals surface area contributed by atoms with Crippen molar-refractivity contribution in [2.24, 2.45) is 5.92 Å². The molecule has 2 N–H and O–H groups in total. The quantitative estimate of drug-likeness (QED) is 0.781. The Balaban J connectivity index is 2.66. The molecule has 1 aromatic rings.